The molecule has 2 heterocycles. The number of aromatic nitrogens is 1. The SMILES string of the molecule is O=S(=O)(c1ccc(Cl)nc1)N1CCOC(CO)C1. The molecule has 1 unspecified atom stereocenters. The largest absolute Gasteiger partial charge is 0.394 e. The molecule has 1 atom stereocenters. The molecule has 0 bridgehead atoms. The molecule has 1 fully saturated rings. The minimum Gasteiger partial charge on any atom is -0.394 e. The van der Waals surface area contributed by atoms with E-state index in [4.69, 9.17) is 21.4 Å². The Kier molecular flexibility index (Phi) is 4.18. The van der Waals surface area contributed by atoms with E-state index in [1.807, 2.05) is 0 Å². The first-order chi connectivity index (χ1) is 8.54. The Balaban J connectivity index is 2.22. The molecule has 1 aliphatic rings. The Morgan fingerprint density at radius 3 is 2.94 bits per heavy atom. The summed E-state index contributed by atoms with van der Waals surface area (Å²) in [5.74, 6) is 0. The monoisotopic (exact) mass is 292 g/mol. The summed E-state index contributed by atoms with van der Waals surface area (Å²) in [7, 11) is -3.60. The van der Waals surface area contributed by atoms with E-state index in [2.05, 4.69) is 4.98 Å². The first-order valence-corrected chi connectivity index (χ1v) is 7.20. The maximum atomic E-state index is 12.3. The van der Waals surface area contributed by atoms with Crippen molar-refractivity contribution >= 4 is 21.6 Å². The standard InChI is InChI=1S/C10H13ClN2O4S/c11-10-2-1-9(5-12-10)18(15,16)13-3-4-17-8(6-13)7-14/h1-2,5,8,14H,3-4,6-7H2. The van der Waals surface area contributed by atoms with Gasteiger partial charge in [0.05, 0.1) is 19.3 Å². The molecule has 2 rings (SSSR count). The third-order valence-electron chi connectivity index (χ3n) is 2.64. The summed E-state index contributed by atoms with van der Waals surface area (Å²) in [6, 6.07) is 2.84. The molecule has 18 heavy (non-hydrogen) atoms. The number of ether oxygens (including phenoxy) is 1. The molecule has 1 aromatic rings. The number of rotatable bonds is 3. The highest BCUT2D eigenvalue weighted by atomic mass is 35.5. The number of aliphatic hydroxyl groups excluding tert-OH is 1. The number of pyridine rings is 1. The summed E-state index contributed by atoms with van der Waals surface area (Å²) in [6.07, 6.45) is 0.745. The van der Waals surface area contributed by atoms with Crippen LogP contribution in [0.25, 0.3) is 0 Å². The average molecular weight is 293 g/mol. The molecule has 0 radical (unpaired) electrons. The summed E-state index contributed by atoms with van der Waals surface area (Å²) in [6.45, 7) is 0.472. The molecule has 0 aromatic carbocycles. The lowest BCUT2D eigenvalue weighted by Gasteiger charge is -2.31. The van der Waals surface area contributed by atoms with E-state index in [0.717, 1.165) is 0 Å². The van der Waals surface area contributed by atoms with Crippen LogP contribution in [0.3, 0.4) is 0 Å². The molecule has 1 aliphatic heterocycles. The fourth-order valence-electron chi connectivity index (χ4n) is 1.68. The second kappa shape index (κ2) is 5.50. The zero-order valence-corrected chi connectivity index (χ0v) is 11.1. The summed E-state index contributed by atoms with van der Waals surface area (Å²) >= 11 is 5.62. The van der Waals surface area contributed by atoms with Crippen LogP contribution in [-0.4, -0.2) is 55.2 Å². The minimum absolute atomic E-state index is 0.0884. The van der Waals surface area contributed by atoms with Crippen LogP contribution in [0.15, 0.2) is 23.2 Å². The van der Waals surface area contributed by atoms with Gasteiger partial charge < -0.3 is 9.84 Å². The van der Waals surface area contributed by atoms with E-state index < -0.39 is 16.1 Å². The van der Waals surface area contributed by atoms with Gasteiger partial charge in [-0.2, -0.15) is 4.31 Å². The van der Waals surface area contributed by atoms with Crippen molar-refractivity contribution in [2.24, 2.45) is 0 Å². The quantitative estimate of drug-likeness (QED) is 0.800. The highest BCUT2D eigenvalue weighted by Gasteiger charge is 2.30. The van der Waals surface area contributed by atoms with Gasteiger partial charge in [-0.05, 0) is 12.1 Å². The Morgan fingerprint density at radius 2 is 2.33 bits per heavy atom. The van der Waals surface area contributed by atoms with Gasteiger partial charge in [-0.1, -0.05) is 11.6 Å². The molecule has 1 N–H and O–H groups in total. The molecule has 0 amide bonds. The molecule has 1 aromatic heterocycles. The van der Waals surface area contributed by atoms with Crippen molar-refractivity contribution in [1.82, 2.24) is 9.29 Å². The summed E-state index contributed by atoms with van der Waals surface area (Å²) in [5, 5.41) is 9.25. The Labute approximate surface area is 110 Å². The fourth-order valence-corrected chi connectivity index (χ4v) is 3.20. The molecule has 0 saturated carbocycles. The van der Waals surface area contributed by atoms with Crippen LogP contribution in [0.1, 0.15) is 0 Å². The third-order valence-corrected chi connectivity index (χ3v) is 4.72. The number of halogens is 1. The molecule has 6 nitrogen and oxygen atoms in total. The minimum atomic E-state index is -3.60. The smallest absolute Gasteiger partial charge is 0.244 e. The molecule has 8 heteroatoms. The molecule has 1 saturated heterocycles. The van der Waals surface area contributed by atoms with E-state index in [1.165, 1.54) is 22.6 Å². The van der Waals surface area contributed by atoms with Crippen LogP contribution in [0.4, 0.5) is 0 Å². The molecule has 0 spiro atoms. The van der Waals surface area contributed by atoms with Crippen molar-refractivity contribution in [3.8, 4) is 0 Å². The zero-order chi connectivity index (χ0) is 13.2. The number of morpholine rings is 1. The molecule has 0 aliphatic carbocycles. The fraction of sp³-hybridized carbons (Fsp3) is 0.500. The van der Waals surface area contributed by atoms with Crippen molar-refractivity contribution in [3.05, 3.63) is 23.5 Å². The van der Waals surface area contributed by atoms with Crippen molar-refractivity contribution in [1.29, 1.82) is 0 Å². The lowest BCUT2D eigenvalue weighted by molar-refractivity contribution is -0.0304. The van der Waals surface area contributed by atoms with Gasteiger partial charge in [0.1, 0.15) is 10.0 Å². The normalized spacial score (nSPS) is 22.0. The van der Waals surface area contributed by atoms with Gasteiger partial charge in [-0.15, -0.1) is 0 Å². The second-order valence-corrected chi connectivity index (χ2v) is 6.18. The third kappa shape index (κ3) is 2.81. The van der Waals surface area contributed by atoms with Crippen molar-refractivity contribution in [2.75, 3.05) is 26.3 Å². The van der Waals surface area contributed by atoms with E-state index in [1.54, 1.807) is 0 Å². The average Bonchev–Trinajstić information content (AvgIpc) is 2.39. The van der Waals surface area contributed by atoms with Crippen molar-refractivity contribution in [2.45, 2.75) is 11.0 Å². The van der Waals surface area contributed by atoms with Gasteiger partial charge in [0.2, 0.25) is 10.0 Å². The van der Waals surface area contributed by atoms with Crippen molar-refractivity contribution in [3.63, 3.8) is 0 Å². The second-order valence-electron chi connectivity index (χ2n) is 3.86. The van der Waals surface area contributed by atoms with Crippen LogP contribution < -0.4 is 0 Å². The molecular weight excluding hydrogens is 280 g/mol. The van der Waals surface area contributed by atoms with Crippen LogP contribution in [0, 0.1) is 0 Å². The molecular formula is C10H13ClN2O4S. The lowest BCUT2D eigenvalue weighted by Crippen LogP contribution is -2.46. The Hall–Kier alpha value is -0.730. The number of aliphatic hydroxyl groups is 1. The predicted octanol–water partition coefficient (Wildman–Crippen LogP) is 0.117. The number of hydrogen-bond acceptors (Lipinski definition) is 5. The van der Waals surface area contributed by atoms with Gasteiger partial charge in [-0.25, -0.2) is 13.4 Å². The van der Waals surface area contributed by atoms with Crippen LogP contribution in [0.2, 0.25) is 5.15 Å². The Morgan fingerprint density at radius 1 is 1.56 bits per heavy atom. The van der Waals surface area contributed by atoms with E-state index in [9.17, 15) is 8.42 Å². The molecule has 100 valence electrons. The van der Waals surface area contributed by atoms with E-state index >= 15 is 0 Å². The first-order valence-electron chi connectivity index (χ1n) is 5.38. The summed E-state index contributed by atoms with van der Waals surface area (Å²) in [4.78, 5) is 3.85. The lowest BCUT2D eigenvalue weighted by atomic mass is 10.3. The maximum absolute atomic E-state index is 12.3. The number of sulfonamides is 1. The maximum Gasteiger partial charge on any atom is 0.244 e. The summed E-state index contributed by atoms with van der Waals surface area (Å²) in [5.41, 5.74) is 0. The number of nitrogens with zero attached hydrogens (tertiary/aromatic N) is 2. The van der Waals surface area contributed by atoms with Crippen LogP contribution in [-0.2, 0) is 14.8 Å². The van der Waals surface area contributed by atoms with Gasteiger partial charge in [-0.3, -0.25) is 0 Å². The zero-order valence-electron chi connectivity index (χ0n) is 9.49. The first kappa shape index (κ1) is 13.7. The van der Waals surface area contributed by atoms with Gasteiger partial charge in [0.15, 0.2) is 0 Å². The van der Waals surface area contributed by atoms with Gasteiger partial charge in [0.25, 0.3) is 0 Å². The highest BCUT2D eigenvalue weighted by molar-refractivity contribution is 7.89. The van der Waals surface area contributed by atoms with Crippen LogP contribution >= 0.6 is 11.6 Å². The van der Waals surface area contributed by atoms with Gasteiger partial charge >= 0.3 is 0 Å². The van der Waals surface area contributed by atoms with Crippen molar-refractivity contribution < 1.29 is 18.3 Å². The summed E-state index contributed by atoms with van der Waals surface area (Å²) < 4.78 is 31.0. The van der Waals surface area contributed by atoms with E-state index in [-0.39, 0.29) is 36.4 Å². The van der Waals surface area contributed by atoms with Gasteiger partial charge in [0, 0.05) is 19.3 Å². The Bertz CT molecular complexity index is 505. The number of hydrogen-bond donors (Lipinski definition) is 1. The van der Waals surface area contributed by atoms with Crippen LogP contribution in [0.5, 0.6) is 0 Å². The topological polar surface area (TPSA) is 79.7 Å². The predicted molar refractivity (Wildman–Crippen MR) is 64.8 cm³/mol. The van der Waals surface area contributed by atoms with E-state index in [0.29, 0.717) is 0 Å². The highest BCUT2D eigenvalue weighted by Crippen LogP contribution is 2.19.